The minimum Gasteiger partial charge on any atom is -0.309 e. The molecule has 0 N–H and O–H groups in total. The summed E-state index contributed by atoms with van der Waals surface area (Å²) >= 11 is 0. The molecular weight excluding hydrogens is 1140 g/mol. The highest BCUT2D eigenvalue weighted by Gasteiger charge is 2.23. The normalized spacial score (nSPS) is 11.8. The van der Waals surface area contributed by atoms with Crippen molar-refractivity contribution < 1.29 is 0 Å². The second kappa shape index (κ2) is 21.5. The molecule has 0 atom stereocenters. The van der Waals surface area contributed by atoms with E-state index in [2.05, 4.69) is 352 Å². The van der Waals surface area contributed by atoms with E-state index in [1.54, 1.807) is 0 Å². The molecule has 7 nitrogen and oxygen atoms in total. The van der Waals surface area contributed by atoms with Crippen LogP contribution in [0, 0.1) is 0 Å². The van der Waals surface area contributed by atoms with Crippen molar-refractivity contribution in [3.63, 3.8) is 0 Å². The fourth-order valence-corrected chi connectivity index (χ4v) is 14.7. The highest BCUT2D eigenvalue weighted by molar-refractivity contribution is 6.15. The Hall–Kier alpha value is -12.7. The Kier molecular flexibility index (Phi) is 12.1. The standard InChI is InChI=1S/C87H55N7/c1-5-22-56(23-6-1)58-40-45-67(57-24-7-2-8-25-57)76(55-58)86-88-85(89-87(90-86)94-80-39-20-16-35-71(80)75-54-62(44-49-84(75)94)60-42-47-82-73(52-60)69-33-14-18-37-78(69)92(82)65-29-11-4-12-30-65)63-26-21-31-66(50-63)93-79-38-19-15-34-70(79)74-53-61(43-48-83(74)93)59-41-46-81-72(51-59)68-32-13-17-36-77(68)91(81)64-27-9-3-10-28-64/h1-55H. The van der Waals surface area contributed by atoms with Crippen molar-refractivity contribution in [2.75, 3.05) is 0 Å². The number of hydrogen-bond donors (Lipinski definition) is 0. The molecule has 5 aromatic heterocycles. The Morgan fingerprint density at radius 3 is 0.968 bits per heavy atom. The van der Waals surface area contributed by atoms with Crippen molar-refractivity contribution in [1.29, 1.82) is 0 Å². The maximum Gasteiger partial charge on any atom is 0.238 e. The molecule has 0 saturated heterocycles. The van der Waals surface area contributed by atoms with Gasteiger partial charge in [0.05, 0.1) is 44.1 Å². The number of nitrogens with zero attached hydrogens (tertiary/aromatic N) is 7. The third kappa shape index (κ3) is 8.56. The minimum atomic E-state index is 0.524. The van der Waals surface area contributed by atoms with Gasteiger partial charge in [-0.2, -0.15) is 9.97 Å². The number of hydrogen-bond acceptors (Lipinski definition) is 3. The zero-order valence-electron chi connectivity index (χ0n) is 50.9. The quantitative estimate of drug-likeness (QED) is 0.137. The lowest BCUT2D eigenvalue weighted by atomic mass is 9.94. The molecule has 7 heteroatoms. The first kappa shape index (κ1) is 53.2. The molecule has 0 saturated carbocycles. The van der Waals surface area contributed by atoms with Gasteiger partial charge in [-0.1, -0.05) is 218 Å². The van der Waals surface area contributed by atoms with E-state index < -0.39 is 0 Å². The smallest absolute Gasteiger partial charge is 0.238 e. The zero-order valence-corrected chi connectivity index (χ0v) is 50.9. The third-order valence-corrected chi connectivity index (χ3v) is 19.0. The van der Waals surface area contributed by atoms with Crippen molar-refractivity contribution in [2.24, 2.45) is 0 Å². The second-order valence-corrected chi connectivity index (χ2v) is 24.3. The number of aromatic nitrogens is 7. The van der Waals surface area contributed by atoms with Gasteiger partial charge >= 0.3 is 0 Å². The molecule has 19 aromatic rings. The Morgan fingerprint density at radius 1 is 0.170 bits per heavy atom. The lowest BCUT2D eigenvalue weighted by molar-refractivity contribution is 0.953. The first-order chi connectivity index (χ1) is 46.6. The van der Waals surface area contributed by atoms with Gasteiger partial charge in [-0.3, -0.25) is 4.57 Å². The van der Waals surface area contributed by atoms with Crippen LogP contribution in [0.5, 0.6) is 0 Å². The highest BCUT2D eigenvalue weighted by Crippen LogP contribution is 2.43. The van der Waals surface area contributed by atoms with Crippen molar-refractivity contribution in [1.82, 2.24) is 33.2 Å². The summed E-state index contributed by atoms with van der Waals surface area (Å²) in [6.07, 6.45) is 0. The van der Waals surface area contributed by atoms with E-state index in [9.17, 15) is 0 Å². The molecule has 19 rings (SSSR count). The van der Waals surface area contributed by atoms with Gasteiger partial charge < -0.3 is 13.7 Å². The number of fused-ring (bicyclic) bond motifs is 12. The monoisotopic (exact) mass is 1200 g/mol. The van der Waals surface area contributed by atoms with Crippen molar-refractivity contribution in [3.05, 3.63) is 334 Å². The van der Waals surface area contributed by atoms with Gasteiger partial charge in [0, 0.05) is 71.3 Å². The summed E-state index contributed by atoms with van der Waals surface area (Å²) in [4.78, 5) is 16.8. The van der Waals surface area contributed by atoms with Crippen LogP contribution in [0.15, 0.2) is 334 Å². The SMILES string of the molecule is c1ccc(-c2ccc(-c3ccccc3)c(-c3nc(-c4cccc(-n5c6ccccc6c6cc(-c7ccc8c(c7)c7ccccc7n8-c7ccccc7)ccc65)c4)nc(-n4c5ccccc5c5cc(-c6ccc7c(c6)c6ccccc6n7-c6ccccc6)ccc54)n3)c2)cc1. The molecule has 0 unspecified atom stereocenters. The van der Waals surface area contributed by atoms with E-state index in [1.165, 1.54) is 59.9 Å². The maximum atomic E-state index is 5.63. The van der Waals surface area contributed by atoms with Gasteiger partial charge in [0.15, 0.2) is 11.6 Å². The van der Waals surface area contributed by atoms with Gasteiger partial charge in [0.2, 0.25) is 5.95 Å². The number of benzene rings is 14. The van der Waals surface area contributed by atoms with Crippen LogP contribution in [0.1, 0.15) is 0 Å². The fourth-order valence-electron chi connectivity index (χ4n) is 14.7. The molecule has 94 heavy (non-hydrogen) atoms. The Morgan fingerprint density at radius 2 is 0.500 bits per heavy atom. The van der Waals surface area contributed by atoms with Gasteiger partial charge in [0.1, 0.15) is 0 Å². The third-order valence-electron chi connectivity index (χ3n) is 19.0. The summed E-state index contributed by atoms with van der Waals surface area (Å²) in [6, 6.07) is 120. The van der Waals surface area contributed by atoms with E-state index in [0.717, 1.165) is 100.0 Å². The minimum absolute atomic E-state index is 0.524. The number of para-hydroxylation sites is 6. The molecule has 14 aromatic carbocycles. The van der Waals surface area contributed by atoms with Crippen molar-refractivity contribution in [2.45, 2.75) is 0 Å². The Bertz CT molecular complexity index is 6210. The van der Waals surface area contributed by atoms with Crippen LogP contribution in [0.4, 0.5) is 0 Å². The molecule has 0 fully saturated rings. The average molecular weight is 1200 g/mol. The first-order valence-corrected chi connectivity index (χ1v) is 32.0. The van der Waals surface area contributed by atoms with Crippen LogP contribution in [0.25, 0.3) is 178 Å². The molecule has 5 heterocycles. The van der Waals surface area contributed by atoms with Crippen LogP contribution in [0.2, 0.25) is 0 Å². The van der Waals surface area contributed by atoms with Gasteiger partial charge in [0.25, 0.3) is 0 Å². The molecule has 0 radical (unpaired) electrons. The summed E-state index contributed by atoms with van der Waals surface area (Å²) < 4.78 is 9.36. The van der Waals surface area contributed by atoms with Crippen molar-refractivity contribution in [3.8, 4) is 90.3 Å². The van der Waals surface area contributed by atoms with Crippen LogP contribution in [-0.4, -0.2) is 33.2 Å². The highest BCUT2D eigenvalue weighted by atomic mass is 15.2. The maximum absolute atomic E-state index is 5.63. The summed E-state index contributed by atoms with van der Waals surface area (Å²) in [7, 11) is 0. The van der Waals surface area contributed by atoms with Gasteiger partial charge in [-0.15, -0.1) is 0 Å². The summed E-state index contributed by atoms with van der Waals surface area (Å²) in [5.74, 6) is 1.65. The van der Waals surface area contributed by atoms with E-state index in [4.69, 9.17) is 15.0 Å². The summed E-state index contributed by atoms with van der Waals surface area (Å²) in [5.41, 5.74) is 22.8. The first-order valence-electron chi connectivity index (χ1n) is 32.0. The molecule has 0 bridgehead atoms. The summed E-state index contributed by atoms with van der Waals surface area (Å²) in [5, 5.41) is 9.44. The van der Waals surface area contributed by atoms with E-state index in [0.29, 0.717) is 17.6 Å². The second-order valence-electron chi connectivity index (χ2n) is 24.3. The Labute approximate surface area is 541 Å². The molecule has 0 aliphatic rings. The molecule has 0 spiro atoms. The lowest BCUT2D eigenvalue weighted by Gasteiger charge is -2.15. The number of rotatable bonds is 10. The topological polar surface area (TPSA) is 58.4 Å². The van der Waals surface area contributed by atoms with E-state index in [-0.39, 0.29) is 0 Å². The molecule has 438 valence electrons. The van der Waals surface area contributed by atoms with Crippen LogP contribution < -0.4 is 0 Å². The molecule has 0 aliphatic carbocycles. The zero-order chi connectivity index (χ0) is 61.8. The van der Waals surface area contributed by atoms with Crippen LogP contribution in [0.3, 0.4) is 0 Å². The van der Waals surface area contributed by atoms with Crippen LogP contribution in [-0.2, 0) is 0 Å². The van der Waals surface area contributed by atoms with E-state index >= 15 is 0 Å². The molecular formula is C87H55N7. The Balaban J connectivity index is 0.781. The van der Waals surface area contributed by atoms with E-state index in [1.807, 2.05) is 0 Å². The lowest BCUT2D eigenvalue weighted by Crippen LogP contribution is -2.07. The largest absolute Gasteiger partial charge is 0.309 e. The summed E-state index contributed by atoms with van der Waals surface area (Å²) in [6.45, 7) is 0. The predicted octanol–water partition coefficient (Wildman–Crippen LogP) is 22.3. The van der Waals surface area contributed by atoms with Gasteiger partial charge in [-0.05, 0) is 160 Å². The molecule has 0 aliphatic heterocycles. The average Bonchev–Trinajstić information content (AvgIpc) is 1.63. The molecule has 0 amide bonds. The predicted molar refractivity (Wildman–Crippen MR) is 390 cm³/mol. The van der Waals surface area contributed by atoms with Crippen molar-refractivity contribution >= 4 is 87.2 Å². The fraction of sp³-hybridized carbons (Fsp3) is 0. The van der Waals surface area contributed by atoms with Gasteiger partial charge in [-0.25, -0.2) is 4.98 Å². The van der Waals surface area contributed by atoms with Crippen LogP contribution >= 0.6 is 0 Å².